The number of ether oxygens (including phenoxy) is 1. The fourth-order valence-corrected chi connectivity index (χ4v) is 3.11. The van der Waals surface area contributed by atoms with E-state index in [4.69, 9.17) is 4.74 Å². The molecule has 1 aromatic rings. The van der Waals surface area contributed by atoms with Crippen LogP contribution >= 0.6 is 15.9 Å². The number of methoxy groups -OCH3 is 1. The first-order valence-corrected chi connectivity index (χ1v) is 7.47. The Kier molecular flexibility index (Phi) is 5.74. The first-order valence-electron chi connectivity index (χ1n) is 6.68. The highest BCUT2D eigenvalue weighted by atomic mass is 79.9. The summed E-state index contributed by atoms with van der Waals surface area (Å²) in [5.74, 6) is 0.713. The van der Waals surface area contributed by atoms with E-state index in [1.165, 1.54) is 0 Å². The second-order valence-corrected chi connectivity index (χ2v) is 5.68. The van der Waals surface area contributed by atoms with Gasteiger partial charge in [-0.3, -0.25) is 4.90 Å². The van der Waals surface area contributed by atoms with Crippen LogP contribution in [0.15, 0.2) is 22.7 Å². The van der Waals surface area contributed by atoms with Crippen LogP contribution in [-0.4, -0.2) is 44.6 Å². The number of nitrogens with one attached hydrogen (secondary N) is 1. The third-order valence-electron chi connectivity index (χ3n) is 3.55. The highest BCUT2D eigenvalue weighted by Gasteiger charge is 2.25. The van der Waals surface area contributed by atoms with E-state index in [2.05, 4.69) is 26.1 Å². The van der Waals surface area contributed by atoms with Crippen molar-refractivity contribution in [3.8, 4) is 5.75 Å². The van der Waals surface area contributed by atoms with E-state index in [9.17, 15) is 8.78 Å². The van der Waals surface area contributed by atoms with Crippen LogP contribution in [0, 0.1) is 0 Å². The number of hydrogen-bond acceptors (Lipinski definition) is 3. The van der Waals surface area contributed by atoms with Gasteiger partial charge in [-0.25, -0.2) is 8.78 Å². The largest absolute Gasteiger partial charge is 0.496 e. The quantitative estimate of drug-likeness (QED) is 0.884. The number of halogens is 3. The van der Waals surface area contributed by atoms with Crippen molar-refractivity contribution in [3.63, 3.8) is 0 Å². The lowest BCUT2D eigenvalue weighted by molar-refractivity contribution is 0.0739. The number of hydrogen-bond donors (Lipinski definition) is 1. The van der Waals surface area contributed by atoms with Gasteiger partial charge < -0.3 is 10.1 Å². The lowest BCUT2D eigenvalue weighted by Crippen LogP contribution is -2.45. The summed E-state index contributed by atoms with van der Waals surface area (Å²) < 4.78 is 31.8. The maximum absolute atomic E-state index is 12.9. The number of nitrogens with zero attached hydrogens (tertiary/aromatic N) is 1. The molecule has 3 nitrogen and oxygen atoms in total. The van der Waals surface area contributed by atoms with Crippen LogP contribution in [0.5, 0.6) is 5.75 Å². The Morgan fingerprint density at radius 1 is 1.35 bits per heavy atom. The Balaban J connectivity index is 2.22. The van der Waals surface area contributed by atoms with Crippen molar-refractivity contribution in [1.82, 2.24) is 10.2 Å². The average molecular weight is 349 g/mol. The summed E-state index contributed by atoms with van der Waals surface area (Å²) in [7, 11) is 1.59. The van der Waals surface area contributed by atoms with Crippen molar-refractivity contribution in [2.75, 3.05) is 33.3 Å². The minimum absolute atomic E-state index is 0.140. The smallest absolute Gasteiger partial charge is 0.240 e. The van der Waals surface area contributed by atoms with Crippen molar-refractivity contribution in [2.24, 2.45) is 0 Å². The lowest BCUT2D eigenvalue weighted by Gasteiger charge is -2.35. The first kappa shape index (κ1) is 15.7. The molecule has 6 heteroatoms. The van der Waals surface area contributed by atoms with E-state index in [1.54, 1.807) is 7.11 Å². The van der Waals surface area contributed by atoms with E-state index in [1.807, 2.05) is 18.2 Å². The minimum Gasteiger partial charge on any atom is -0.496 e. The van der Waals surface area contributed by atoms with Crippen LogP contribution in [0.2, 0.25) is 0 Å². The summed E-state index contributed by atoms with van der Waals surface area (Å²) in [6, 6.07) is 5.33. The summed E-state index contributed by atoms with van der Waals surface area (Å²) >= 11 is 3.42. The summed E-state index contributed by atoms with van der Waals surface area (Å²) in [5.41, 5.74) is 0.903. The summed E-state index contributed by atoms with van der Waals surface area (Å²) in [4.78, 5) is 2.12. The van der Waals surface area contributed by atoms with Crippen molar-refractivity contribution in [1.29, 1.82) is 0 Å². The normalized spacial score (nSPS) is 18.2. The first-order chi connectivity index (χ1) is 9.61. The Morgan fingerprint density at radius 3 is 2.60 bits per heavy atom. The molecule has 0 aromatic heterocycles. The predicted octanol–water partition coefficient (Wildman–Crippen LogP) is 3.06. The Labute approximate surface area is 126 Å². The van der Waals surface area contributed by atoms with E-state index < -0.39 is 6.43 Å². The van der Waals surface area contributed by atoms with Crippen LogP contribution in [0.1, 0.15) is 18.0 Å². The lowest BCUT2D eigenvalue weighted by atomic mass is 10.0. The zero-order valence-corrected chi connectivity index (χ0v) is 13.0. The number of benzene rings is 1. The zero-order chi connectivity index (χ0) is 14.5. The molecule has 112 valence electrons. The van der Waals surface area contributed by atoms with Crippen molar-refractivity contribution >= 4 is 15.9 Å². The van der Waals surface area contributed by atoms with Gasteiger partial charge in [-0.2, -0.15) is 0 Å². The van der Waals surface area contributed by atoms with E-state index >= 15 is 0 Å². The molecule has 0 amide bonds. The Bertz CT molecular complexity index is 439. The van der Waals surface area contributed by atoms with Gasteiger partial charge in [0.1, 0.15) is 5.75 Å². The van der Waals surface area contributed by atoms with Gasteiger partial charge in [0.2, 0.25) is 6.43 Å². The molecule has 0 spiro atoms. The molecule has 1 aliphatic heterocycles. The van der Waals surface area contributed by atoms with E-state index in [0.29, 0.717) is 5.75 Å². The molecule has 1 heterocycles. The second kappa shape index (κ2) is 7.33. The van der Waals surface area contributed by atoms with Gasteiger partial charge in [-0.1, -0.05) is 6.07 Å². The molecular weight excluding hydrogens is 330 g/mol. The molecule has 2 rings (SSSR count). The Morgan fingerprint density at radius 2 is 2.05 bits per heavy atom. The van der Waals surface area contributed by atoms with Gasteiger partial charge in [-0.15, -0.1) is 0 Å². The zero-order valence-electron chi connectivity index (χ0n) is 11.4. The molecule has 0 radical (unpaired) electrons. The fraction of sp³-hybridized carbons (Fsp3) is 0.571. The van der Waals surface area contributed by atoms with Crippen molar-refractivity contribution < 1.29 is 13.5 Å². The molecule has 1 atom stereocenters. The molecule has 0 unspecified atom stereocenters. The molecule has 1 N–H and O–H groups in total. The Hall–Kier alpha value is -0.720. The minimum atomic E-state index is -2.31. The molecular formula is C14H19BrF2N2O. The van der Waals surface area contributed by atoms with Gasteiger partial charge in [0.15, 0.2) is 0 Å². The van der Waals surface area contributed by atoms with E-state index in [0.717, 1.165) is 36.2 Å². The molecule has 0 aliphatic carbocycles. The van der Waals surface area contributed by atoms with Crippen LogP contribution in [0.25, 0.3) is 0 Å². The summed E-state index contributed by atoms with van der Waals surface area (Å²) in [5, 5.41) is 3.25. The molecule has 1 aromatic carbocycles. The van der Waals surface area contributed by atoms with Gasteiger partial charge in [-0.05, 0) is 33.6 Å². The summed E-state index contributed by atoms with van der Waals surface area (Å²) in [6.45, 7) is 3.27. The van der Waals surface area contributed by atoms with Gasteiger partial charge >= 0.3 is 0 Å². The molecule has 1 saturated heterocycles. The molecule has 1 aliphatic rings. The van der Waals surface area contributed by atoms with Gasteiger partial charge in [0.25, 0.3) is 0 Å². The highest BCUT2D eigenvalue weighted by Crippen LogP contribution is 2.33. The topological polar surface area (TPSA) is 24.5 Å². The fourth-order valence-electron chi connectivity index (χ4n) is 2.55. The maximum Gasteiger partial charge on any atom is 0.240 e. The SMILES string of the molecule is COc1ccc([C@@H](CC(F)F)N2CCNCC2)cc1Br. The average Bonchev–Trinajstić information content (AvgIpc) is 2.45. The van der Waals surface area contributed by atoms with Crippen LogP contribution in [-0.2, 0) is 0 Å². The molecule has 0 saturated carbocycles. The standard InChI is InChI=1S/C14H19BrF2N2O/c1-20-13-3-2-10(8-11(13)15)12(9-14(16)17)19-6-4-18-5-7-19/h2-3,8,12,14,18H,4-7,9H2,1H3/t12-/m1/s1. The third kappa shape index (κ3) is 3.90. The maximum atomic E-state index is 12.9. The number of alkyl halides is 2. The van der Waals surface area contributed by atoms with Gasteiger partial charge in [0, 0.05) is 38.6 Å². The molecule has 20 heavy (non-hydrogen) atoms. The van der Waals surface area contributed by atoms with Crippen LogP contribution in [0.3, 0.4) is 0 Å². The highest BCUT2D eigenvalue weighted by molar-refractivity contribution is 9.10. The third-order valence-corrected chi connectivity index (χ3v) is 4.17. The van der Waals surface area contributed by atoms with Crippen LogP contribution < -0.4 is 10.1 Å². The van der Waals surface area contributed by atoms with Gasteiger partial charge in [0.05, 0.1) is 11.6 Å². The second-order valence-electron chi connectivity index (χ2n) is 4.82. The van der Waals surface area contributed by atoms with E-state index in [-0.39, 0.29) is 12.5 Å². The number of rotatable bonds is 5. The van der Waals surface area contributed by atoms with Crippen LogP contribution in [0.4, 0.5) is 8.78 Å². The monoisotopic (exact) mass is 348 g/mol. The van der Waals surface area contributed by atoms with Crippen molar-refractivity contribution in [3.05, 3.63) is 28.2 Å². The number of piperazine rings is 1. The van der Waals surface area contributed by atoms with Crippen molar-refractivity contribution in [2.45, 2.75) is 18.9 Å². The molecule has 0 bridgehead atoms. The predicted molar refractivity (Wildman–Crippen MR) is 78.5 cm³/mol. The molecule has 1 fully saturated rings. The summed E-state index contributed by atoms with van der Waals surface area (Å²) in [6.07, 6.45) is -2.45.